The number of hydrogen-bond donors (Lipinski definition) is 3. The summed E-state index contributed by atoms with van der Waals surface area (Å²) in [7, 11) is 0. The number of hydrogen-bond acceptors (Lipinski definition) is 2. The second-order valence-electron chi connectivity index (χ2n) is 5.65. The van der Waals surface area contributed by atoms with Crippen LogP contribution in [0.25, 0.3) is 0 Å². The lowest BCUT2D eigenvalue weighted by molar-refractivity contribution is 0.606. The minimum atomic E-state index is -0.156. The van der Waals surface area contributed by atoms with Crippen molar-refractivity contribution in [1.82, 2.24) is 20.8 Å². The number of H-pyrrole nitrogens is 1. The van der Waals surface area contributed by atoms with Gasteiger partial charge in [0.05, 0.1) is 6.20 Å². The van der Waals surface area contributed by atoms with Gasteiger partial charge in [-0.3, -0.25) is 10.1 Å². The summed E-state index contributed by atoms with van der Waals surface area (Å²) in [5.74, 6) is 0.620. The van der Waals surface area contributed by atoms with E-state index in [1.807, 2.05) is 32.2 Å². The van der Waals surface area contributed by atoms with Crippen molar-refractivity contribution in [2.75, 3.05) is 19.6 Å². The third kappa shape index (κ3) is 5.68. The SMILES string of the molecule is CCNC(=NCCCc1cn[nH]c1C)NCCc1ccccc1F. The summed E-state index contributed by atoms with van der Waals surface area (Å²) in [5, 5.41) is 13.4. The fraction of sp³-hybridized carbons (Fsp3) is 0.444. The van der Waals surface area contributed by atoms with E-state index in [0.29, 0.717) is 13.0 Å². The van der Waals surface area contributed by atoms with Crippen LogP contribution in [0.4, 0.5) is 4.39 Å². The van der Waals surface area contributed by atoms with Crippen LogP contribution in [0.15, 0.2) is 35.5 Å². The summed E-state index contributed by atoms with van der Waals surface area (Å²) in [6, 6.07) is 6.87. The molecule has 0 saturated heterocycles. The van der Waals surface area contributed by atoms with Crippen LogP contribution in [-0.2, 0) is 12.8 Å². The topological polar surface area (TPSA) is 65.1 Å². The highest BCUT2D eigenvalue weighted by atomic mass is 19.1. The Bertz CT molecular complexity index is 650. The van der Waals surface area contributed by atoms with Crippen LogP contribution in [0.2, 0.25) is 0 Å². The van der Waals surface area contributed by atoms with E-state index in [0.717, 1.165) is 43.1 Å². The minimum absolute atomic E-state index is 0.156. The molecule has 0 atom stereocenters. The van der Waals surface area contributed by atoms with Gasteiger partial charge in [-0.05, 0) is 50.3 Å². The third-order valence-corrected chi connectivity index (χ3v) is 3.80. The van der Waals surface area contributed by atoms with Gasteiger partial charge < -0.3 is 10.6 Å². The molecule has 130 valence electrons. The zero-order valence-electron chi connectivity index (χ0n) is 14.4. The Morgan fingerprint density at radius 3 is 2.75 bits per heavy atom. The molecule has 0 aliphatic heterocycles. The number of aromatic amines is 1. The first-order valence-electron chi connectivity index (χ1n) is 8.45. The van der Waals surface area contributed by atoms with Gasteiger partial charge in [0.2, 0.25) is 0 Å². The summed E-state index contributed by atoms with van der Waals surface area (Å²) >= 11 is 0. The monoisotopic (exact) mass is 331 g/mol. The Kier molecular flexibility index (Phi) is 7.26. The van der Waals surface area contributed by atoms with Gasteiger partial charge in [0.1, 0.15) is 5.82 Å². The van der Waals surface area contributed by atoms with E-state index >= 15 is 0 Å². The van der Waals surface area contributed by atoms with Gasteiger partial charge in [0.25, 0.3) is 0 Å². The van der Waals surface area contributed by atoms with E-state index in [2.05, 4.69) is 25.8 Å². The number of nitrogens with zero attached hydrogens (tertiary/aromatic N) is 2. The van der Waals surface area contributed by atoms with E-state index in [-0.39, 0.29) is 5.82 Å². The normalized spacial score (nSPS) is 11.5. The zero-order valence-corrected chi connectivity index (χ0v) is 14.4. The van der Waals surface area contributed by atoms with Gasteiger partial charge in [-0.1, -0.05) is 18.2 Å². The molecule has 0 spiro atoms. The molecule has 0 aliphatic rings. The molecule has 6 heteroatoms. The molecule has 1 aromatic carbocycles. The Hall–Kier alpha value is -2.37. The molecular formula is C18H26FN5. The lowest BCUT2D eigenvalue weighted by Crippen LogP contribution is -2.38. The van der Waals surface area contributed by atoms with Crippen LogP contribution in [0.1, 0.15) is 30.2 Å². The first-order valence-corrected chi connectivity index (χ1v) is 8.45. The van der Waals surface area contributed by atoms with E-state index in [4.69, 9.17) is 0 Å². The molecule has 1 heterocycles. The summed E-state index contributed by atoms with van der Waals surface area (Å²) in [5.41, 5.74) is 3.08. The van der Waals surface area contributed by atoms with E-state index in [1.165, 1.54) is 11.6 Å². The highest BCUT2D eigenvalue weighted by Crippen LogP contribution is 2.07. The van der Waals surface area contributed by atoms with Gasteiger partial charge in [-0.25, -0.2) is 4.39 Å². The minimum Gasteiger partial charge on any atom is -0.357 e. The van der Waals surface area contributed by atoms with Crippen LogP contribution >= 0.6 is 0 Å². The van der Waals surface area contributed by atoms with Crippen LogP contribution in [-0.4, -0.2) is 35.8 Å². The van der Waals surface area contributed by atoms with E-state index < -0.39 is 0 Å². The van der Waals surface area contributed by atoms with Crippen molar-refractivity contribution in [1.29, 1.82) is 0 Å². The van der Waals surface area contributed by atoms with Gasteiger partial charge in [-0.15, -0.1) is 0 Å². The fourth-order valence-electron chi connectivity index (χ4n) is 2.45. The number of guanidine groups is 1. The first-order chi connectivity index (χ1) is 11.7. The van der Waals surface area contributed by atoms with Crippen molar-refractivity contribution in [2.45, 2.75) is 33.1 Å². The van der Waals surface area contributed by atoms with Crippen molar-refractivity contribution in [3.8, 4) is 0 Å². The average molecular weight is 331 g/mol. The van der Waals surface area contributed by atoms with Crippen LogP contribution in [0.3, 0.4) is 0 Å². The molecule has 0 amide bonds. The fourth-order valence-corrected chi connectivity index (χ4v) is 2.45. The molecule has 0 aliphatic carbocycles. The quantitative estimate of drug-likeness (QED) is 0.396. The number of aryl methyl sites for hydroxylation is 2. The molecule has 0 saturated carbocycles. The van der Waals surface area contributed by atoms with Crippen molar-refractivity contribution >= 4 is 5.96 Å². The molecule has 0 fully saturated rings. The number of aromatic nitrogens is 2. The van der Waals surface area contributed by atoms with Crippen LogP contribution in [0.5, 0.6) is 0 Å². The lowest BCUT2D eigenvalue weighted by Gasteiger charge is -2.11. The summed E-state index contributed by atoms with van der Waals surface area (Å²) in [6.45, 7) is 6.24. The maximum atomic E-state index is 13.6. The molecule has 3 N–H and O–H groups in total. The van der Waals surface area contributed by atoms with Gasteiger partial charge >= 0.3 is 0 Å². The van der Waals surface area contributed by atoms with Crippen LogP contribution < -0.4 is 10.6 Å². The second-order valence-corrected chi connectivity index (χ2v) is 5.65. The number of nitrogens with one attached hydrogen (secondary N) is 3. The molecular weight excluding hydrogens is 305 g/mol. The van der Waals surface area contributed by atoms with Gasteiger partial charge in [0, 0.05) is 25.3 Å². The molecule has 5 nitrogen and oxygen atoms in total. The highest BCUT2D eigenvalue weighted by Gasteiger charge is 2.02. The Morgan fingerprint density at radius 2 is 2.04 bits per heavy atom. The van der Waals surface area contributed by atoms with Crippen molar-refractivity contribution in [3.63, 3.8) is 0 Å². The zero-order chi connectivity index (χ0) is 17.2. The molecule has 2 aromatic rings. The van der Waals surface area contributed by atoms with Crippen molar-refractivity contribution in [3.05, 3.63) is 53.1 Å². The summed E-state index contributed by atoms with van der Waals surface area (Å²) in [6.07, 6.45) is 4.42. The Balaban J connectivity index is 1.76. The van der Waals surface area contributed by atoms with Gasteiger partial charge in [-0.2, -0.15) is 5.10 Å². The van der Waals surface area contributed by atoms with E-state index in [9.17, 15) is 4.39 Å². The number of rotatable bonds is 8. The lowest BCUT2D eigenvalue weighted by atomic mass is 10.1. The molecule has 0 unspecified atom stereocenters. The maximum absolute atomic E-state index is 13.6. The Morgan fingerprint density at radius 1 is 1.21 bits per heavy atom. The number of benzene rings is 1. The largest absolute Gasteiger partial charge is 0.357 e. The number of aliphatic imine (C=N–C) groups is 1. The maximum Gasteiger partial charge on any atom is 0.191 e. The average Bonchev–Trinajstić information content (AvgIpc) is 2.98. The third-order valence-electron chi connectivity index (χ3n) is 3.80. The molecule has 2 rings (SSSR count). The number of halogens is 1. The van der Waals surface area contributed by atoms with E-state index in [1.54, 1.807) is 6.07 Å². The molecule has 0 bridgehead atoms. The second kappa shape index (κ2) is 9.70. The molecule has 1 aromatic heterocycles. The van der Waals surface area contributed by atoms with Gasteiger partial charge in [0.15, 0.2) is 5.96 Å². The molecule has 0 radical (unpaired) electrons. The first kappa shape index (κ1) is 18.0. The van der Waals surface area contributed by atoms with Crippen LogP contribution in [0, 0.1) is 12.7 Å². The molecule has 24 heavy (non-hydrogen) atoms. The predicted molar refractivity (Wildman–Crippen MR) is 95.7 cm³/mol. The summed E-state index contributed by atoms with van der Waals surface area (Å²) < 4.78 is 13.6. The van der Waals surface area contributed by atoms with Crippen molar-refractivity contribution in [2.24, 2.45) is 4.99 Å². The highest BCUT2D eigenvalue weighted by molar-refractivity contribution is 5.79. The van der Waals surface area contributed by atoms with Crippen molar-refractivity contribution < 1.29 is 4.39 Å². The predicted octanol–water partition coefficient (Wildman–Crippen LogP) is 2.59. The standard InChI is InChI=1S/C18H26FN5/c1-3-20-18(21-11-6-8-16-13-23-24-14(16)2)22-12-10-15-7-4-5-9-17(15)19/h4-5,7,9,13H,3,6,8,10-12H2,1-2H3,(H,23,24)(H2,20,21,22). The summed E-state index contributed by atoms with van der Waals surface area (Å²) in [4.78, 5) is 4.57. The smallest absolute Gasteiger partial charge is 0.191 e. The Labute approximate surface area is 142 Å².